The summed E-state index contributed by atoms with van der Waals surface area (Å²) in [4.78, 5) is 29.7. The average molecular weight is 621 g/mol. The molecule has 0 radical (unpaired) electrons. The molecule has 2 saturated heterocycles. The van der Waals surface area contributed by atoms with Gasteiger partial charge in [-0.1, -0.05) is 12.1 Å². The average Bonchev–Trinajstić information content (AvgIpc) is 3.08. The third-order valence-corrected chi connectivity index (χ3v) is 7.56. The maximum absolute atomic E-state index is 11.1. The van der Waals surface area contributed by atoms with Gasteiger partial charge in [-0.05, 0) is 37.0 Å². The van der Waals surface area contributed by atoms with Gasteiger partial charge in [-0.25, -0.2) is 0 Å². The molecule has 0 unspecified atom stereocenters. The Morgan fingerprint density at radius 3 is 2.67 bits per heavy atom. The van der Waals surface area contributed by atoms with Crippen molar-refractivity contribution >= 4 is 35.5 Å². The van der Waals surface area contributed by atoms with E-state index in [0.29, 0.717) is 69.2 Å². The Morgan fingerprint density at radius 1 is 1.18 bits per heavy atom. The number of carbonyl (C=O) groups excluding carboxylic acids is 1. The standard InChI is InChI=1S/C31H44N10O4/c1-43-30(42)9-16-44-15-2-10-34-21-27(39-33)22-35-31-37-28(19-29(38-31)41-13-17-45-18-14-41)36-26-7-11-40(12-8-26)23-25-5-3-24(20-32)4-6-25/h3-6,19,21,26H,2,7-18,22-23,33H2,1H3,(H2,35,36,37,38)/b34-21?,39-27+. The molecular weight excluding hydrogens is 576 g/mol. The van der Waals surface area contributed by atoms with Crippen LogP contribution in [0.25, 0.3) is 0 Å². The Morgan fingerprint density at radius 2 is 1.96 bits per heavy atom. The first-order valence-electron chi connectivity index (χ1n) is 15.4. The highest BCUT2D eigenvalue weighted by atomic mass is 16.5. The summed E-state index contributed by atoms with van der Waals surface area (Å²) in [5.41, 5.74) is 2.46. The molecule has 4 N–H and O–H groups in total. The van der Waals surface area contributed by atoms with Crippen molar-refractivity contribution in [1.82, 2.24) is 14.9 Å². The summed E-state index contributed by atoms with van der Waals surface area (Å²) in [6, 6.07) is 12.3. The molecule has 14 nitrogen and oxygen atoms in total. The van der Waals surface area contributed by atoms with Crippen molar-refractivity contribution in [2.45, 2.75) is 38.3 Å². The fraction of sp³-hybridized carbons (Fsp3) is 0.548. The lowest BCUT2D eigenvalue weighted by molar-refractivity contribution is -0.141. The molecule has 0 amide bonds. The fourth-order valence-corrected chi connectivity index (χ4v) is 5.01. The predicted molar refractivity (Wildman–Crippen MR) is 174 cm³/mol. The fourth-order valence-electron chi connectivity index (χ4n) is 5.01. The monoisotopic (exact) mass is 620 g/mol. The van der Waals surface area contributed by atoms with Gasteiger partial charge in [0.25, 0.3) is 0 Å². The number of carbonyl (C=O) groups is 1. The smallest absolute Gasteiger partial charge is 0.307 e. The summed E-state index contributed by atoms with van der Waals surface area (Å²) >= 11 is 0. The zero-order valence-corrected chi connectivity index (χ0v) is 26.0. The molecule has 1 aromatic heterocycles. The summed E-state index contributed by atoms with van der Waals surface area (Å²) in [5.74, 6) is 7.43. The second-order valence-corrected chi connectivity index (χ2v) is 10.8. The molecule has 242 valence electrons. The van der Waals surface area contributed by atoms with Crippen LogP contribution in [-0.2, 0) is 25.5 Å². The van der Waals surface area contributed by atoms with Crippen molar-refractivity contribution in [3.8, 4) is 6.07 Å². The molecule has 0 atom stereocenters. The van der Waals surface area contributed by atoms with E-state index in [1.165, 1.54) is 12.7 Å². The van der Waals surface area contributed by atoms with Crippen LogP contribution in [0.2, 0.25) is 0 Å². The number of esters is 1. The lowest BCUT2D eigenvalue weighted by Gasteiger charge is -2.33. The number of anilines is 3. The van der Waals surface area contributed by atoms with Gasteiger partial charge in [-0.3, -0.25) is 14.7 Å². The number of hydrazone groups is 1. The Labute approximate surface area is 264 Å². The summed E-state index contributed by atoms with van der Waals surface area (Å²) in [6.07, 6.45) is 4.57. The molecule has 45 heavy (non-hydrogen) atoms. The van der Waals surface area contributed by atoms with E-state index in [2.05, 4.69) is 41.3 Å². The van der Waals surface area contributed by atoms with Crippen LogP contribution in [0, 0.1) is 11.3 Å². The van der Waals surface area contributed by atoms with Crippen LogP contribution in [0.5, 0.6) is 0 Å². The normalized spacial score (nSPS) is 16.4. The van der Waals surface area contributed by atoms with E-state index in [0.717, 1.165) is 57.2 Å². The van der Waals surface area contributed by atoms with Gasteiger partial charge in [0.05, 0.1) is 57.2 Å². The maximum Gasteiger partial charge on any atom is 0.307 e. The van der Waals surface area contributed by atoms with E-state index in [1.54, 1.807) is 6.21 Å². The Kier molecular flexibility index (Phi) is 13.8. The van der Waals surface area contributed by atoms with Gasteiger partial charge in [-0.15, -0.1) is 0 Å². The molecule has 0 aliphatic carbocycles. The zero-order valence-electron chi connectivity index (χ0n) is 26.0. The quantitative estimate of drug-likeness (QED) is 0.0820. The molecule has 3 heterocycles. The van der Waals surface area contributed by atoms with Crippen molar-refractivity contribution in [3.63, 3.8) is 0 Å². The molecule has 14 heteroatoms. The number of nitrogens with zero attached hydrogens (tertiary/aromatic N) is 7. The van der Waals surface area contributed by atoms with Crippen LogP contribution < -0.4 is 21.4 Å². The Bertz CT molecular complexity index is 1300. The van der Waals surface area contributed by atoms with Crippen LogP contribution in [0.15, 0.2) is 40.4 Å². The van der Waals surface area contributed by atoms with E-state index in [9.17, 15) is 4.79 Å². The number of hydrogen-bond donors (Lipinski definition) is 3. The predicted octanol–water partition coefficient (Wildman–Crippen LogP) is 2.03. The molecule has 2 aromatic rings. The number of piperidine rings is 1. The van der Waals surface area contributed by atoms with Gasteiger partial charge in [-0.2, -0.15) is 20.3 Å². The molecule has 0 saturated carbocycles. The number of morpholine rings is 1. The zero-order chi connectivity index (χ0) is 31.7. The topological polar surface area (TPSA) is 176 Å². The largest absolute Gasteiger partial charge is 0.469 e. The van der Waals surface area contributed by atoms with Gasteiger partial charge in [0.1, 0.15) is 11.6 Å². The van der Waals surface area contributed by atoms with Crippen LogP contribution in [-0.4, -0.2) is 112 Å². The third kappa shape index (κ3) is 11.6. The second-order valence-electron chi connectivity index (χ2n) is 10.8. The number of nitrogens with two attached hydrogens (primary N) is 1. The molecule has 0 bridgehead atoms. The number of aliphatic imine (C=N–C) groups is 1. The van der Waals surface area contributed by atoms with Crippen molar-refractivity contribution in [3.05, 3.63) is 41.5 Å². The van der Waals surface area contributed by atoms with Crippen molar-refractivity contribution in [2.24, 2.45) is 15.9 Å². The number of benzene rings is 1. The first-order chi connectivity index (χ1) is 22.1. The Hall–Kier alpha value is -4.32. The summed E-state index contributed by atoms with van der Waals surface area (Å²) in [6.45, 7) is 7.34. The molecular formula is C31H44N10O4. The van der Waals surface area contributed by atoms with E-state index in [-0.39, 0.29) is 12.4 Å². The molecule has 2 fully saturated rings. The highest BCUT2D eigenvalue weighted by Crippen LogP contribution is 2.23. The first-order valence-corrected chi connectivity index (χ1v) is 15.4. The van der Waals surface area contributed by atoms with Gasteiger partial charge < -0.3 is 35.6 Å². The number of likely N-dealkylation sites (tertiary alicyclic amines) is 1. The van der Waals surface area contributed by atoms with Gasteiger partial charge in [0.2, 0.25) is 5.95 Å². The summed E-state index contributed by atoms with van der Waals surface area (Å²) in [7, 11) is 1.36. The van der Waals surface area contributed by atoms with Gasteiger partial charge >= 0.3 is 5.97 Å². The second kappa shape index (κ2) is 18.5. The maximum atomic E-state index is 11.1. The molecule has 4 rings (SSSR count). The number of methoxy groups -OCH3 is 1. The van der Waals surface area contributed by atoms with E-state index < -0.39 is 0 Å². The molecule has 2 aliphatic heterocycles. The van der Waals surface area contributed by atoms with Gasteiger partial charge in [0.15, 0.2) is 0 Å². The number of nitrogens with one attached hydrogen (secondary N) is 2. The third-order valence-electron chi connectivity index (χ3n) is 7.56. The number of rotatable bonds is 16. The van der Waals surface area contributed by atoms with E-state index in [1.807, 2.05) is 30.3 Å². The summed E-state index contributed by atoms with van der Waals surface area (Å²) in [5, 5.41) is 19.8. The molecule has 1 aromatic carbocycles. The number of hydrogen-bond acceptors (Lipinski definition) is 14. The van der Waals surface area contributed by atoms with Crippen molar-refractivity contribution < 1.29 is 19.0 Å². The number of aromatic nitrogens is 2. The first kappa shape index (κ1) is 33.6. The molecule has 0 spiro atoms. The minimum absolute atomic E-state index is 0.238. The van der Waals surface area contributed by atoms with Crippen molar-refractivity contribution in [1.29, 1.82) is 5.26 Å². The van der Waals surface area contributed by atoms with Gasteiger partial charge in [0, 0.05) is 64.2 Å². The van der Waals surface area contributed by atoms with E-state index in [4.69, 9.17) is 30.5 Å². The van der Waals surface area contributed by atoms with Crippen molar-refractivity contribution in [2.75, 3.05) is 88.3 Å². The minimum atomic E-state index is -0.288. The number of nitriles is 1. The van der Waals surface area contributed by atoms with Crippen LogP contribution in [0.4, 0.5) is 17.6 Å². The lowest BCUT2D eigenvalue weighted by Crippen LogP contribution is -2.39. The van der Waals surface area contributed by atoms with Crippen LogP contribution >= 0.6 is 0 Å². The minimum Gasteiger partial charge on any atom is -0.469 e. The number of ether oxygens (including phenoxy) is 3. The highest BCUT2D eigenvalue weighted by molar-refractivity contribution is 6.32. The van der Waals surface area contributed by atoms with Crippen LogP contribution in [0.1, 0.15) is 36.8 Å². The molecule has 2 aliphatic rings. The Balaban J connectivity index is 1.28. The highest BCUT2D eigenvalue weighted by Gasteiger charge is 2.21. The van der Waals surface area contributed by atoms with Crippen LogP contribution in [0.3, 0.4) is 0 Å². The SMILES string of the molecule is COC(=O)CCOCCCN=C/C(CNc1nc(NC2CCN(Cc3ccc(C#N)cc3)CC2)cc(N2CCOCC2)n1)=N\N. The van der Waals surface area contributed by atoms with E-state index >= 15 is 0 Å². The summed E-state index contributed by atoms with van der Waals surface area (Å²) < 4.78 is 15.6. The lowest BCUT2D eigenvalue weighted by atomic mass is 10.0.